The molecule has 0 aliphatic rings. The van der Waals surface area contributed by atoms with Crippen LogP contribution < -0.4 is 5.32 Å². The van der Waals surface area contributed by atoms with E-state index in [1.54, 1.807) is 0 Å². The van der Waals surface area contributed by atoms with Crippen molar-refractivity contribution in [2.45, 2.75) is 40.7 Å². The average Bonchev–Trinajstić information content (AvgIpc) is 2.33. The summed E-state index contributed by atoms with van der Waals surface area (Å²) >= 11 is 0. The van der Waals surface area contributed by atoms with Gasteiger partial charge in [-0.25, -0.2) is 0 Å². The van der Waals surface area contributed by atoms with Crippen LogP contribution in [0.15, 0.2) is 0 Å². The van der Waals surface area contributed by atoms with E-state index >= 15 is 0 Å². The Kier molecular flexibility index (Phi) is 11.6. The van der Waals surface area contributed by atoms with Gasteiger partial charge in [0.05, 0.1) is 25.9 Å². The summed E-state index contributed by atoms with van der Waals surface area (Å²) in [5.41, 5.74) is 0. The minimum absolute atomic E-state index is 0.369. The molecule has 0 aromatic carbocycles. The van der Waals surface area contributed by atoms with Gasteiger partial charge in [0.1, 0.15) is 0 Å². The second kappa shape index (κ2) is 11.6. The summed E-state index contributed by atoms with van der Waals surface area (Å²) in [6.07, 6.45) is -0.443. The Morgan fingerprint density at radius 1 is 0.947 bits per heavy atom. The van der Waals surface area contributed by atoms with Gasteiger partial charge in [0, 0.05) is 13.2 Å². The predicted octanol–water partition coefficient (Wildman–Crippen LogP) is 1.92. The molecule has 0 radical (unpaired) electrons. The first-order chi connectivity index (χ1) is 8.99. The molecule has 116 valence electrons. The molecule has 19 heavy (non-hydrogen) atoms. The van der Waals surface area contributed by atoms with Crippen molar-refractivity contribution in [1.29, 1.82) is 0 Å². The molecule has 2 N–H and O–H groups in total. The lowest BCUT2D eigenvalue weighted by Crippen LogP contribution is -2.36. The van der Waals surface area contributed by atoms with Crippen LogP contribution in [0.3, 0.4) is 0 Å². The Hall–Kier alpha value is -0.160. The van der Waals surface area contributed by atoms with Gasteiger partial charge in [-0.2, -0.15) is 0 Å². The highest BCUT2D eigenvalue weighted by atomic mass is 16.5. The van der Waals surface area contributed by atoms with Crippen molar-refractivity contribution >= 4 is 0 Å². The van der Waals surface area contributed by atoms with E-state index < -0.39 is 6.10 Å². The average molecular weight is 275 g/mol. The fourth-order valence-corrected chi connectivity index (χ4v) is 2.20. The second-order valence-corrected chi connectivity index (χ2v) is 5.74. The molecule has 0 aromatic heterocycles. The Balaban J connectivity index is 3.58. The lowest BCUT2D eigenvalue weighted by atomic mass is 9.85. The zero-order valence-corrected chi connectivity index (χ0v) is 13.3. The molecule has 4 nitrogen and oxygen atoms in total. The van der Waals surface area contributed by atoms with Crippen molar-refractivity contribution in [2.24, 2.45) is 17.8 Å². The zero-order chi connectivity index (χ0) is 14.7. The molecule has 1 atom stereocenters. The monoisotopic (exact) mass is 275 g/mol. The highest BCUT2D eigenvalue weighted by Crippen LogP contribution is 2.19. The molecule has 0 saturated carbocycles. The van der Waals surface area contributed by atoms with Crippen molar-refractivity contribution in [3.63, 3.8) is 0 Å². The summed E-state index contributed by atoms with van der Waals surface area (Å²) in [5.74, 6) is 1.96. The van der Waals surface area contributed by atoms with E-state index in [-0.39, 0.29) is 0 Å². The molecule has 0 spiro atoms. The molecule has 0 amide bonds. The fourth-order valence-electron chi connectivity index (χ4n) is 2.20. The molecule has 0 fully saturated rings. The summed E-state index contributed by atoms with van der Waals surface area (Å²) in [4.78, 5) is 0. The lowest BCUT2D eigenvalue weighted by molar-refractivity contribution is 0.00599. The zero-order valence-electron chi connectivity index (χ0n) is 13.3. The summed E-state index contributed by atoms with van der Waals surface area (Å²) < 4.78 is 10.5. The van der Waals surface area contributed by atoms with E-state index in [0.29, 0.717) is 50.7 Å². The van der Waals surface area contributed by atoms with Crippen LogP contribution in [0.1, 0.15) is 34.6 Å². The van der Waals surface area contributed by atoms with Crippen molar-refractivity contribution in [3.05, 3.63) is 0 Å². The van der Waals surface area contributed by atoms with Crippen LogP contribution in [-0.4, -0.2) is 50.7 Å². The third-order valence-electron chi connectivity index (χ3n) is 3.36. The Bertz CT molecular complexity index is 190. The number of rotatable bonds is 12. The van der Waals surface area contributed by atoms with Gasteiger partial charge in [-0.3, -0.25) is 0 Å². The Morgan fingerprint density at radius 2 is 1.53 bits per heavy atom. The first kappa shape index (κ1) is 18.8. The molecule has 0 heterocycles. The van der Waals surface area contributed by atoms with E-state index in [9.17, 15) is 5.11 Å². The Morgan fingerprint density at radius 3 is 2.05 bits per heavy atom. The molecule has 0 saturated heterocycles. The maximum Gasteiger partial charge on any atom is 0.0897 e. The highest BCUT2D eigenvalue weighted by Gasteiger charge is 2.17. The van der Waals surface area contributed by atoms with E-state index in [1.165, 1.54) is 0 Å². The summed E-state index contributed by atoms with van der Waals surface area (Å²) in [5, 5.41) is 13.1. The number of ether oxygens (including phenoxy) is 2. The molecular formula is C15H33NO3. The number of aliphatic hydroxyl groups excluding tert-OH is 1. The van der Waals surface area contributed by atoms with Gasteiger partial charge in [-0.1, -0.05) is 27.7 Å². The highest BCUT2D eigenvalue weighted by molar-refractivity contribution is 4.70. The van der Waals surface area contributed by atoms with Gasteiger partial charge in [0.15, 0.2) is 0 Å². The van der Waals surface area contributed by atoms with E-state index in [1.807, 2.05) is 6.92 Å². The van der Waals surface area contributed by atoms with E-state index in [2.05, 4.69) is 33.0 Å². The van der Waals surface area contributed by atoms with Crippen molar-refractivity contribution in [2.75, 3.05) is 39.5 Å². The van der Waals surface area contributed by atoms with Gasteiger partial charge in [-0.15, -0.1) is 0 Å². The molecule has 0 aliphatic heterocycles. The Labute approximate surface area is 118 Å². The molecule has 0 aromatic rings. The predicted molar refractivity (Wildman–Crippen MR) is 79.4 cm³/mol. The maximum atomic E-state index is 9.77. The van der Waals surface area contributed by atoms with Gasteiger partial charge in [-0.05, 0) is 31.2 Å². The van der Waals surface area contributed by atoms with Gasteiger partial charge < -0.3 is 19.9 Å². The standard InChI is InChI=1S/C15H33NO3/c1-6-18-7-8-19-11-14(17)9-16-10-15(12(2)3)13(4)5/h12-17H,6-11H2,1-5H3. The molecule has 1 unspecified atom stereocenters. The van der Waals surface area contributed by atoms with Crippen LogP contribution in [0.5, 0.6) is 0 Å². The topological polar surface area (TPSA) is 50.7 Å². The second-order valence-electron chi connectivity index (χ2n) is 5.74. The SMILES string of the molecule is CCOCCOCC(O)CNCC(C(C)C)C(C)C. The third kappa shape index (κ3) is 10.3. The van der Waals surface area contributed by atoms with Crippen LogP contribution >= 0.6 is 0 Å². The van der Waals surface area contributed by atoms with Crippen molar-refractivity contribution < 1.29 is 14.6 Å². The molecule has 0 rings (SSSR count). The fraction of sp³-hybridized carbons (Fsp3) is 1.00. The van der Waals surface area contributed by atoms with Crippen LogP contribution in [0.2, 0.25) is 0 Å². The van der Waals surface area contributed by atoms with Crippen LogP contribution in [0.4, 0.5) is 0 Å². The maximum absolute atomic E-state index is 9.77. The number of aliphatic hydroxyl groups is 1. The number of nitrogens with one attached hydrogen (secondary N) is 1. The molecule has 0 bridgehead atoms. The number of hydrogen-bond donors (Lipinski definition) is 2. The molecule has 0 aliphatic carbocycles. The van der Waals surface area contributed by atoms with Crippen LogP contribution in [-0.2, 0) is 9.47 Å². The lowest BCUT2D eigenvalue weighted by Gasteiger charge is -2.25. The first-order valence-electron chi connectivity index (χ1n) is 7.53. The van der Waals surface area contributed by atoms with Gasteiger partial charge in [0.25, 0.3) is 0 Å². The first-order valence-corrected chi connectivity index (χ1v) is 7.53. The minimum Gasteiger partial charge on any atom is -0.389 e. The normalized spacial score (nSPS) is 13.7. The van der Waals surface area contributed by atoms with Crippen LogP contribution in [0.25, 0.3) is 0 Å². The van der Waals surface area contributed by atoms with Crippen molar-refractivity contribution in [1.82, 2.24) is 5.32 Å². The summed E-state index contributed by atoms with van der Waals surface area (Å²) in [6, 6.07) is 0. The minimum atomic E-state index is -0.443. The smallest absolute Gasteiger partial charge is 0.0897 e. The summed E-state index contributed by atoms with van der Waals surface area (Å²) in [7, 11) is 0. The quantitative estimate of drug-likeness (QED) is 0.534. The number of hydrogen-bond acceptors (Lipinski definition) is 4. The van der Waals surface area contributed by atoms with Crippen molar-refractivity contribution in [3.8, 4) is 0 Å². The molecule has 4 heteroatoms. The summed E-state index contributed by atoms with van der Waals surface area (Å²) in [6.45, 7) is 14.7. The molecular weight excluding hydrogens is 242 g/mol. The van der Waals surface area contributed by atoms with E-state index in [4.69, 9.17) is 9.47 Å². The van der Waals surface area contributed by atoms with E-state index in [0.717, 1.165) is 6.54 Å². The van der Waals surface area contributed by atoms with Crippen LogP contribution in [0, 0.1) is 17.8 Å². The van der Waals surface area contributed by atoms with Gasteiger partial charge >= 0.3 is 0 Å². The third-order valence-corrected chi connectivity index (χ3v) is 3.36. The largest absolute Gasteiger partial charge is 0.389 e. The van der Waals surface area contributed by atoms with Gasteiger partial charge in [0.2, 0.25) is 0 Å².